The first-order chi connectivity index (χ1) is 17.9. The van der Waals surface area contributed by atoms with E-state index in [-0.39, 0.29) is 23.4 Å². The van der Waals surface area contributed by atoms with Crippen molar-refractivity contribution in [3.8, 4) is 0 Å². The van der Waals surface area contributed by atoms with Crippen molar-refractivity contribution in [2.45, 2.75) is 39.0 Å². The molecular formula is C26H37F2N7O2. The molecule has 11 heteroatoms. The van der Waals surface area contributed by atoms with Crippen LogP contribution in [0.2, 0.25) is 0 Å². The molecule has 0 radical (unpaired) electrons. The minimum atomic E-state index is -2.70. The maximum absolute atomic E-state index is 13.6. The summed E-state index contributed by atoms with van der Waals surface area (Å²) >= 11 is 0. The predicted octanol–water partition coefficient (Wildman–Crippen LogP) is 4.51. The SMILES string of the molecule is CCc1cc(N2CCN(C)CC2)ccc1Nc1ncc(C(F)F)c(NCCCN2CCCCOC2=O)n1. The van der Waals surface area contributed by atoms with Crippen LogP contribution in [0.15, 0.2) is 24.4 Å². The monoisotopic (exact) mass is 517 g/mol. The van der Waals surface area contributed by atoms with Crippen molar-refractivity contribution in [3.63, 3.8) is 0 Å². The number of anilines is 4. The van der Waals surface area contributed by atoms with Crippen LogP contribution in [-0.2, 0) is 11.2 Å². The molecule has 202 valence electrons. The Morgan fingerprint density at radius 2 is 1.95 bits per heavy atom. The molecule has 0 saturated carbocycles. The van der Waals surface area contributed by atoms with E-state index in [0.29, 0.717) is 32.7 Å². The molecule has 2 saturated heterocycles. The Bertz CT molecular complexity index is 1050. The van der Waals surface area contributed by atoms with Crippen molar-refractivity contribution in [2.75, 3.05) is 75.0 Å². The smallest absolute Gasteiger partial charge is 0.409 e. The summed E-state index contributed by atoms with van der Waals surface area (Å²) in [5, 5.41) is 6.23. The minimum absolute atomic E-state index is 0.0954. The van der Waals surface area contributed by atoms with Gasteiger partial charge >= 0.3 is 6.09 Å². The Balaban J connectivity index is 1.41. The van der Waals surface area contributed by atoms with Crippen LogP contribution in [0, 0.1) is 0 Å². The van der Waals surface area contributed by atoms with Gasteiger partial charge in [0.25, 0.3) is 6.43 Å². The average Bonchev–Trinajstić information content (AvgIpc) is 3.11. The number of likely N-dealkylation sites (N-methyl/N-ethyl adjacent to an activating group) is 1. The van der Waals surface area contributed by atoms with Gasteiger partial charge in [-0.25, -0.2) is 18.6 Å². The largest absolute Gasteiger partial charge is 0.449 e. The van der Waals surface area contributed by atoms with E-state index >= 15 is 0 Å². The van der Waals surface area contributed by atoms with E-state index in [1.807, 2.05) is 6.07 Å². The van der Waals surface area contributed by atoms with E-state index in [1.165, 1.54) is 11.9 Å². The van der Waals surface area contributed by atoms with Crippen LogP contribution in [0.3, 0.4) is 0 Å². The summed E-state index contributed by atoms with van der Waals surface area (Å²) < 4.78 is 32.4. The number of hydrogen-bond acceptors (Lipinski definition) is 8. The number of nitrogens with zero attached hydrogens (tertiary/aromatic N) is 5. The minimum Gasteiger partial charge on any atom is -0.449 e. The number of ether oxygens (including phenoxy) is 1. The second-order valence-corrected chi connectivity index (χ2v) is 9.50. The quantitative estimate of drug-likeness (QED) is 0.446. The molecule has 1 aromatic carbocycles. The summed E-state index contributed by atoms with van der Waals surface area (Å²) in [5.74, 6) is 0.350. The van der Waals surface area contributed by atoms with Crippen LogP contribution >= 0.6 is 0 Å². The van der Waals surface area contributed by atoms with Crippen LogP contribution in [-0.4, -0.2) is 85.3 Å². The van der Waals surface area contributed by atoms with E-state index in [1.54, 1.807) is 4.90 Å². The van der Waals surface area contributed by atoms with Crippen molar-refractivity contribution < 1.29 is 18.3 Å². The van der Waals surface area contributed by atoms with Crippen molar-refractivity contribution >= 4 is 29.2 Å². The van der Waals surface area contributed by atoms with E-state index < -0.39 is 6.43 Å². The molecule has 9 nitrogen and oxygen atoms in total. The first-order valence-electron chi connectivity index (χ1n) is 13.1. The molecule has 0 unspecified atom stereocenters. The Labute approximate surface area is 217 Å². The molecule has 0 atom stereocenters. The average molecular weight is 518 g/mol. The number of nitrogens with one attached hydrogen (secondary N) is 2. The predicted molar refractivity (Wildman–Crippen MR) is 141 cm³/mol. The molecular weight excluding hydrogens is 480 g/mol. The highest BCUT2D eigenvalue weighted by atomic mass is 19.3. The Hall–Kier alpha value is -3.21. The van der Waals surface area contributed by atoms with Gasteiger partial charge in [-0.05, 0) is 56.5 Å². The van der Waals surface area contributed by atoms with Gasteiger partial charge in [0.1, 0.15) is 5.82 Å². The summed E-state index contributed by atoms with van der Waals surface area (Å²) in [6.07, 6.45) is 1.29. The molecule has 0 bridgehead atoms. The van der Waals surface area contributed by atoms with E-state index in [9.17, 15) is 13.6 Å². The standard InChI is InChI=1S/C26H37F2N7O2/c1-3-19-17-20(34-14-12-33(2)13-15-34)7-8-22(19)31-25-30-18-21(23(27)28)24(32-25)29-9-6-11-35-10-4-5-16-37-26(35)36/h7-8,17-18,23H,3-6,9-16H2,1-2H3,(H2,29,30,31,32). The highest BCUT2D eigenvalue weighted by molar-refractivity contribution is 5.68. The molecule has 2 aliphatic rings. The molecule has 2 aliphatic heterocycles. The van der Waals surface area contributed by atoms with Crippen molar-refractivity contribution in [1.82, 2.24) is 19.8 Å². The number of carbonyl (C=O) groups is 1. The number of benzene rings is 1. The van der Waals surface area contributed by atoms with Crippen LogP contribution in [0.25, 0.3) is 0 Å². The lowest BCUT2D eigenvalue weighted by Gasteiger charge is -2.34. The lowest BCUT2D eigenvalue weighted by Crippen LogP contribution is -2.44. The first kappa shape index (κ1) is 26.8. The molecule has 1 amide bonds. The number of alkyl halides is 2. The van der Waals surface area contributed by atoms with Gasteiger partial charge in [0.15, 0.2) is 0 Å². The van der Waals surface area contributed by atoms with Gasteiger partial charge in [-0.1, -0.05) is 6.92 Å². The Morgan fingerprint density at radius 1 is 1.14 bits per heavy atom. The molecule has 0 spiro atoms. The maximum atomic E-state index is 13.6. The zero-order chi connectivity index (χ0) is 26.2. The topological polar surface area (TPSA) is 85.9 Å². The van der Waals surface area contributed by atoms with Gasteiger partial charge in [0.05, 0.1) is 12.2 Å². The number of halogens is 2. The number of carbonyl (C=O) groups excluding carboxylic acids is 1. The van der Waals surface area contributed by atoms with E-state index in [0.717, 1.165) is 56.7 Å². The van der Waals surface area contributed by atoms with Gasteiger partial charge in [-0.15, -0.1) is 0 Å². The van der Waals surface area contributed by atoms with E-state index in [2.05, 4.69) is 56.5 Å². The molecule has 0 aliphatic carbocycles. The number of amides is 1. The molecule has 1 aromatic heterocycles. The Morgan fingerprint density at radius 3 is 2.70 bits per heavy atom. The third-order valence-electron chi connectivity index (χ3n) is 6.84. The number of rotatable bonds is 10. The Kier molecular flexibility index (Phi) is 9.32. The number of aromatic nitrogens is 2. The van der Waals surface area contributed by atoms with Crippen LogP contribution in [0.5, 0.6) is 0 Å². The molecule has 37 heavy (non-hydrogen) atoms. The van der Waals surface area contributed by atoms with Crippen LogP contribution < -0.4 is 15.5 Å². The van der Waals surface area contributed by atoms with Gasteiger partial charge in [0.2, 0.25) is 5.95 Å². The number of hydrogen-bond donors (Lipinski definition) is 2. The highest BCUT2D eigenvalue weighted by Crippen LogP contribution is 2.29. The lowest BCUT2D eigenvalue weighted by atomic mass is 10.1. The fourth-order valence-corrected chi connectivity index (χ4v) is 4.56. The normalized spacial score (nSPS) is 17.1. The maximum Gasteiger partial charge on any atom is 0.409 e. The highest BCUT2D eigenvalue weighted by Gasteiger charge is 2.20. The fraction of sp³-hybridized carbons (Fsp3) is 0.577. The van der Waals surface area contributed by atoms with Gasteiger partial charge in [-0.2, -0.15) is 4.98 Å². The van der Waals surface area contributed by atoms with Gasteiger partial charge in [-0.3, -0.25) is 0 Å². The molecule has 2 aromatic rings. The van der Waals surface area contributed by atoms with Gasteiger partial charge < -0.3 is 30.1 Å². The second-order valence-electron chi connectivity index (χ2n) is 9.50. The number of piperazine rings is 1. The van der Waals surface area contributed by atoms with Crippen molar-refractivity contribution in [2.24, 2.45) is 0 Å². The summed E-state index contributed by atoms with van der Waals surface area (Å²) in [5.41, 5.74) is 2.90. The van der Waals surface area contributed by atoms with Crippen LogP contribution in [0.4, 0.5) is 36.7 Å². The lowest BCUT2D eigenvalue weighted by molar-refractivity contribution is 0.116. The summed E-state index contributed by atoms with van der Waals surface area (Å²) in [6, 6.07) is 6.26. The molecule has 4 rings (SSSR count). The number of aryl methyl sites for hydroxylation is 1. The fourth-order valence-electron chi connectivity index (χ4n) is 4.56. The van der Waals surface area contributed by atoms with Crippen LogP contribution in [0.1, 0.15) is 43.7 Å². The zero-order valence-corrected chi connectivity index (χ0v) is 21.7. The molecule has 3 heterocycles. The van der Waals surface area contributed by atoms with Crippen molar-refractivity contribution in [1.29, 1.82) is 0 Å². The first-order valence-corrected chi connectivity index (χ1v) is 13.1. The van der Waals surface area contributed by atoms with Gasteiger partial charge in [0, 0.05) is 63.4 Å². The van der Waals surface area contributed by atoms with Crippen molar-refractivity contribution in [3.05, 3.63) is 35.5 Å². The second kappa shape index (κ2) is 12.8. The zero-order valence-electron chi connectivity index (χ0n) is 21.7. The summed E-state index contributed by atoms with van der Waals surface area (Å²) in [4.78, 5) is 26.8. The molecule has 2 fully saturated rings. The summed E-state index contributed by atoms with van der Waals surface area (Å²) in [7, 11) is 2.13. The molecule has 2 N–H and O–H groups in total. The number of cyclic esters (lactones) is 1. The summed E-state index contributed by atoms with van der Waals surface area (Å²) in [6.45, 7) is 8.09. The third kappa shape index (κ3) is 7.18. The third-order valence-corrected chi connectivity index (χ3v) is 6.84. The van der Waals surface area contributed by atoms with E-state index in [4.69, 9.17) is 4.74 Å².